The van der Waals surface area contributed by atoms with Crippen LogP contribution in [0.5, 0.6) is 0 Å². The standard InChI is InChI=1S/C35H48N2O2/c1-26-13-19-36(20-14-26)17-5-3-7-34(38)28-9-11-32-30(23-28)25-31-24-29(10-12-33(31)32)35(39)8-4-6-18-37-21-15-27(2)16-22-37/h9-12,23-24,26-27H,3-8,13-22,25H2,1-2H3. The molecular weight excluding hydrogens is 480 g/mol. The molecule has 2 heterocycles. The molecule has 0 amide bonds. The fraction of sp³-hybridized carbons (Fsp3) is 0.600. The average molecular weight is 529 g/mol. The van der Waals surface area contributed by atoms with E-state index < -0.39 is 0 Å². The summed E-state index contributed by atoms with van der Waals surface area (Å²) in [6.45, 7) is 11.8. The van der Waals surface area contributed by atoms with E-state index in [4.69, 9.17) is 0 Å². The predicted molar refractivity (Wildman–Crippen MR) is 161 cm³/mol. The fourth-order valence-electron chi connectivity index (χ4n) is 6.66. The van der Waals surface area contributed by atoms with Crippen molar-refractivity contribution >= 4 is 11.6 Å². The Kier molecular flexibility index (Phi) is 9.68. The van der Waals surface area contributed by atoms with Crippen LogP contribution in [0.1, 0.15) is 110 Å². The van der Waals surface area contributed by atoms with E-state index in [1.54, 1.807) is 0 Å². The maximum absolute atomic E-state index is 12.9. The van der Waals surface area contributed by atoms with Crippen molar-refractivity contribution in [3.63, 3.8) is 0 Å². The minimum Gasteiger partial charge on any atom is -0.303 e. The largest absolute Gasteiger partial charge is 0.303 e. The van der Waals surface area contributed by atoms with Gasteiger partial charge in [0, 0.05) is 24.0 Å². The number of hydrogen-bond donors (Lipinski definition) is 0. The molecule has 2 fully saturated rings. The molecule has 3 aliphatic rings. The number of unbranched alkanes of at least 4 members (excludes halogenated alkanes) is 2. The van der Waals surface area contributed by atoms with Gasteiger partial charge in [0.25, 0.3) is 0 Å². The molecule has 1 aliphatic carbocycles. The number of hydrogen-bond acceptors (Lipinski definition) is 4. The minimum absolute atomic E-state index is 0.260. The minimum atomic E-state index is 0.260. The first kappa shape index (κ1) is 28.2. The third-order valence-corrected chi connectivity index (χ3v) is 9.53. The van der Waals surface area contributed by atoms with Crippen LogP contribution in [0.15, 0.2) is 36.4 Å². The van der Waals surface area contributed by atoms with Crippen molar-refractivity contribution in [2.24, 2.45) is 11.8 Å². The molecule has 0 unspecified atom stereocenters. The van der Waals surface area contributed by atoms with E-state index in [1.807, 2.05) is 12.1 Å². The monoisotopic (exact) mass is 528 g/mol. The van der Waals surface area contributed by atoms with Crippen LogP contribution in [0, 0.1) is 11.8 Å². The highest BCUT2D eigenvalue weighted by Gasteiger charge is 2.22. The first-order valence-corrected chi connectivity index (χ1v) is 15.7. The number of likely N-dealkylation sites (tertiary alicyclic amines) is 2. The van der Waals surface area contributed by atoms with Gasteiger partial charge in [-0.3, -0.25) is 9.59 Å². The molecule has 2 aromatic carbocycles. The lowest BCUT2D eigenvalue weighted by atomic mass is 9.97. The highest BCUT2D eigenvalue weighted by Crippen LogP contribution is 2.38. The van der Waals surface area contributed by atoms with Gasteiger partial charge in [-0.2, -0.15) is 0 Å². The zero-order chi connectivity index (χ0) is 27.2. The lowest BCUT2D eigenvalue weighted by Gasteiger charge is -2.30. The van der Waals surface area contributed by atoms with Gasteiger partial charge in [0.2, 0.25) is 0 Å². The first-order chi connectivity index (χ1) is 19.0. The Morgan fingerprint density at radius 1 is 0.641 bits per heavy atom. The Balaban J connectivity index is 1.07. The molecule has 2 saturated heterocycles. The molecule has 0 saturated carbocycles. The summed E-state index contributed by atoms with van der Waals surface area (Å²) in [4.78, 5) is 31.0. The fourth-order valence-corrected chi connectivity index (χ4v) is 6.66. The molecule has 2 aliphatic heterocycles. The van der Waals surface area contributed by atoms with Crippen molar-refractivity contribution < 1.29 is 9.59 Å². The summed E-state index contributed by atoms with van der Waals surface area (Å²) >= 11 is 0. The second kappa shape index (κ2) is 13.4. The van der Waals surface area contributed by atoms with Crippen LogP contribution in [0.2, 0.25) is 0 Å². The number of benzene rings is 2. The van der Waals surface area contributed by atoms with E-state index in [-0.39, 0.29) is 11.6 Å². The second-order valence-corrected chi connectivity index (χ2v) is 12.7. The van der Waals surface area contributed by atoms with E-state index in [9.17, 15) is 9.59 Å². The Bertz CT molecular complexity index is 1050. The smallest absolute Gasteiger partial charge is 0.162 e. The lowest BCUT2D eigenvalue weighted by molar-refractivity contribution is 0.0968. The van der Waals surface area contributed by atoms with Gasteiger partial charge >= 0.3 is 0 Å². The van der Waals surface area contributed by atoms with Crippen LogP contribution in [0.25, 0.3) is 11.1 Å². The van der Waals surface area contributed by atoms with Crippen LogP contribution >= 0.6 is 0 Å². The van der Waals surface area contributed by atoms with Crippen LogP contribution in [-0.2, 0) is 6.42 Å². The normalized spacial score (nSPS) is 18.7. The van der Waals surface area contributed by atoms with E-state index in [0.29, 0.717) is 12.8 Å². The Hall–Kier alpha value is -2.30. The SMILES string of the molecule is CC1CCN(CCCCC(=O)c2ccc3c(c2)Cc2cc(C(=O)CCCCN4CCC(C)CC4)ccc2-3)CC1. The third-order valence-electron chi connectivity index (χ3n) is 9.53. The quantitative estimate of drug-likeness (QED) is 0.181. The number of ketones is 2. The van der Waals surface area contributed by atoms with Gasteiger partial charge in [0.15, 0.2) is 11.6 Å². The van der Waals surface area contributed by atoms with Crippen LogP contribution in [0.4, 0.5) is 0 Å². The number of fused-ring (bicyclic) bond motifs is 3. The molecule has 4 nitrogen and oxygen atoms in total. The van der Waals surface area contributed by atoms with Crippen molar-refractivity contribution in [2.45, 2.75) is 84.5 Å². The summed E-state index contributed by atoms with van der Waals surface area (Å²) < 4.78 is 0. The summed E-state index contributed by atoms with van der Waals surface area (Å²) in [6.07, 6.45) is 11.4. The van der Waals surface area contributed by atoms with Crippen molar-refractivity contribution in [1.29, 1.82) is 0 Å². The number of rotatable bonds is 12. The van der Waals surface area contributed by atoms with Crippen LogP contribution in [-0.4, -0.2) is 60.6 Å². The molecule has 5 rings (SSSR count). The summed E-state index contributed by atoms with van der Waals surface area (Å²) in [5, 5.41) is 0. The molecule has 0 spiro atoms. The lowest BCUT2D eigenvalue weighted by Crippen LogP contribution is -2.33. The average Bonchev–Trinajstić information content (AvgIpc) is 3.32. The van der Waals surface area contributed by atoms with E-state index >= 15 is 0 Å². The molecule has 0 radical (unpaired) electrons. The summed E-state index contributed by atoms with van der Waals surface area (Å²) in [7, 11) is 0. The van der Waals surface area contributed by atoms with Crippen LogP contribution in [0.3, 0.4) is 0 Å². The van der Waals surface area contributed by atoms with Gasteiger partial charge in [-0.15, -0.1) is 0 Å². The van der Waals surface area contributed by atoms with Crippen molar-refractivity contribution in [3.8, 4) is 11.1 Å². The van der Waals surface area contributed by atoms with E-state index in [1.165, 1.54) is 74.1 Å². The third kappa shape index (κ3) is 7.46. The summed E-state index contributed by atoms with van der Waals surface area (Å²) in [5.74, 6) is 2.25. The van der Waals surface area contributed by atoms with Gasteiger partial charge in [0.05, 0.1) is 0 Å². The van der Waals surface area contributed by atoms with Crippen LogP contribution < -0.4 is 0 Å². The highest BCUT2D eigenvalue weighted by atomic mass is 16.1. The maximum Gasteiger partial charge on any atom is 0.162 e. The van der Waals surface area contributed by atoms with Crippen molar-refractivity contribution in [2.75, 3.05) is 39.3 Å². The van der Waals surface area contributed by atoms with Crippen molar-refractivity contribution in [3.05, 3.63) is 58.7 Å². The van der Waals surface area contributed by atoms with Gasteiger partial charge in [0.1, 0.15) is 0 Å². The van der Waals surface area contributed by atoms with Gasteiger partial charge in [-0.05, 0) is 143 Å². The van der Waals surface area contributed by atoms with E-state index in [2.05, 4.69) is 47.9 Å². The molecule has 0 bridgehead atoms. The second-order valence-electron chi connectivity index (χ2n) is 12.7. The zero-order valence-corrected chi connectivity index (χ0v) is 24.4. The maximum atomic E-state index is 12.9. The number of nitrogens with zero attached hydrogens (tertiary/aromatic N) is 2. The van der Waals surface area contributed by atoms with Gasteiger partial charge < -0.3 is 9.80 Å². The van der Waals surface area contributed by atoms with Gasteiger partial charge in [-0.25, -0.2) is 0 Å². The molecule has 4 heteroatoms. The summed E-state index contributed by atoms with van der Waals surface area (Å²) in [6, 6.07) is 12.5. The Morgan fingerprint density at radius 2 is 1.05 bits per heavy atom. The predicted octanol–water partition coefficient (Wildman–Crippen LogP) is 7.43. The topological polar surface area (TPSA) is 40.6 Å². The molecule has 210 valence electrons. The molecule has 0 atom stereocenters. The first-order valence-electron chi connectivity index (χ1n) is 15.7. The number of piperidine rings is 2. The van der Waals surface area contributed by atoms with Gasteiger partial charge in [-0.1, -0.05) is 38.1 Å². The molecule has 0 aromatic heterocycles. The number of Topliss-reactive ketones (excluding diaryl/α,β-unsaturated/α-hetero) is 2. The zero-order valence-electron chi connectivity index (χ0n) is 24.4. The number of carbonyl (C=O) groups excluding carboxylic acids is 2. The molecular formula is C35H48N2O2. The Morgan fingerprint density at radius 3 is 1.46 bits per heavy atom. The highest BCUT2D eigenvalue weighted by molar-refractivity contribution is 5.99. The van der Waals surface area contributed by atoms with Crippen molar-refractivity contribution in [1.82, 2.24) is 9.80 Å². The molecule has 2 aromatic rings. The van der Waals surface area contributed by atoms with E-state index in [0.717, 1.165) is 68.2 Å². The molecule has 0 N–H and O–H groups in total. The number of carbonyl (C=O) groups is 2. The molecule has 39 heavy (non-hydrogen) atoms. The Labute approximate surface area is 236 Å². The summed E-state index contributed by atoms with van der Waals surface area (Å²) in [5.41, 5.74) is 6.56.